The fourth-order valence-electron chi connectivity index (χ4n) is 2.63. The van der Waals surface area contributed by atoms with Gasteiger partial charge >= 0.3 is 0 Å². The van der Waals surface area contributed by atoms with E-state index in [-0.39, 0.29) is 35.3 Å². The van der Waals surface area contributed by atoms with Gasteiger partial charge in [0.15, 0.2) is 21.3 Å². The summed E-state index contributed by atoms with van der Waals surface area (Å²) in [5, 5.41) is 0. The first kappa shape index (κ1) is 16.8. The van der Waals surface area contributed by atoms with Crippen LogP contribution >= 0.6 is 0 Å². The predicted molar refractivity (Wildman–Crippen MR) is 84.5 cm³/mol. The molecule has 0 aromatic heterocycles. The molecular weight excluding hydrogens is 337 g/mol. The van der Waals surface area contributed by atoms with Gasteiger partial charge in [-0.1, -0.05) is 0 Å². The second-order valence-corrected chi connectivity index (χ2v) is 7.74. The maximum Gasteiger partial charge on any atom is 0.223 e. The van der Waals surface area contributed by atoms with E-state index in [9.17, 15) is 17.6 Å². The van der Waals surface area contributed by atoms with Crippen molar-refractivity contribution >= 4 is 15.7 Å². The van der Waals surface area contributed by atoms with Crippen LogP contribution in [0.5, 0.6) is 11.5 Å². The van der Waals surface area contributed by atoms with Crippen LogP contribution in [-0.2, 0) is 14.6 Å². The Labute approximate surface area is 139 Å². The highest BCUT2D eigenvalue weighted by Crippen LogP contribution is 2.32. The summed E-state index contributed by atoms with van der Waals surface area (Å²) in [6.45, 7) is 1.12. The van der Waals surface area contributed by atoms with Crippen LogP contribution in [0.15, 0.2) is 35.0 Å². The summed E-state index contributed by atoms with van der Waals surface area (Å²) in [6, 6.07) is 4.40. The fourth-order valence-corrected chi connectivity index (χ4v) is 3.87. The van der Waals surface area contributed by atoms with Gasteiger partial charge in [0.1, 0.15) is 19.0 Å². The molecule has 2 aliphatic heterocycles. The lowest BCUT2D eigenvalue weighted by Gasteiger charge is -2.24. The van der Waals surface area contributed by atoms with Crippen LogP contribution in [0.4, 0.5) is 4.39 Å². The van der Waals surface area contributed by atoms with Crippen LogP contribution in [0.1, 0.15) is 12.8 Å². The van der Waals surface area contributed by atoms with Crippen molar-refractivity contribution < 1.29 is 27.1 Å². The summed E-state index contributed by atoms with van der Waals surface area (Å²) in [6.07, 6.45) is 1.71. The van der Waals surface area contributed by atoms with Gasteiger partial charge < -0.3 is 14.4 Å². The molecule has 0 atom stereocenters. The molecule has 0 N–H and O–H groups in total. The molecule has 0 radical (unpaired) electrons. The number of amides is 1. The average Bonchev–Trinajstić information content (AvgIpc) is 2.59. The Balaban J connectivity index is 1.66. The smallest absolute Gasteiger partial charge is 0.223 e. The van der Waals surface area contributed by atoms with Crippen molar-refractivity contribution in [1.82, 2.24) is 4.90 Å². The van der Waals surface area contributed by atoms with Gasteiger partial charge in [-0.05, 0) is 24.6 Å². The third-order valence-electron chi connectivity index (χ3n) is 3.92. The summed E-state index contributed by atoms with van der Waals surface area (Å²) in [4.78, 5) is 13.5. The molecule has 2 aliphatic rings. The number of rotatable bonds is 4. The molecule has 2 heterocycles. The molecule has 3 rings (SSSR count). The van der Waals surface area contributed by atoms with Gasteiger partial charge in [0, 0.05) is 19.0 Å². The van der Waals surface area contributed by atoms with E-state index in [1.54, 1.807) is 6.07 Å². The number of fused-ring (bicyclic) bond motifs is 1. The number of nitrogens with zero attached hydrogens (tertiary/aromatic N) is 1. The minimum Gasteiger partial charge on any atom is -0.486 e. The van der Waals surface area contributed by atoms with Gasteiger partial charge in [0.25, 0.3) is 0 Å². The van der Waals surface area contributed by atoms with Crippen LogP contribution in [0.2, 0.25) is 0 Å². The second kappa shape index (κ2) is 6.80. The van der Waals surface area contributed by atoms with Crippen LogP contribution < -0.4 is 9.47 Å². The van der Waals surface area contributed by atoms with Crippen LogP contribution in [-0.4, -0.2) is 51.3 Å². The number of carbonyl (C=O) groups is 1. The van der Waals surface area contributed by atoms with Gasteiger partial charge in [0.05, 0.1) is 17.2 Å². The summed E-state index contributed by atoms with van der Waals surface area (Å²) >= 11 is 0. The molecule has 1 aromatic rings. The summed E-state index contributed by atoms with van der Waals surface area (Å²) in [5.41, 5.74) is 0. The third kappa shape index (κ3) is 3.69. The highest BCUT2D eigenvalue weighted by Gasteiger charge is 2.23. The Bertz CT molecular complexity index is 775. The van der Waals surface area contributed by atoms with Crippen LogP contribution in [0.3, 0.4) is 0 Å². The Morgan fingerprint density at radius 3 is 2.71 bits per heavy atom. The van der Waals surface area contributed by atoms with E-state index in [1.807, 2.05) is 0 Å². The highest BCUT2D eigenvalue weighted by molar-refractivity contribution is 7.91. The lowest BCUT2D eigenvalue weighted by molar-refractivity contribution is -0.130. The lowest BCUT2D eigenvalue weighted by atomic mass is 10.2. The van der Waals surface area contributed by atoms with Gasteiger partial charge in [-0.15, -0.1) is 0 Å². The Hall–Kier alpha value is -2.09. The Morgan fingerprint density at radius 2 is 1.96 bits per heavy atom. The summed E-state index contributed by atoms with van der Waals surface area (Å²) in [5.74, 6) is -0.153. The molecule has 6 nitrogen and oxygen atoms in total. The minimum absolute atomic E-state index is 0.0805. The van der Waals surface area contributed by atoms with E-state index >= 15 is 0 Å². The Kier molecular flexibility index (Phi) is 4.75. The third-order valence-corrected chi connectivity index (χ3v) is 5.63. The van der Waals surface area contributed by atoms with E-state index in [2.05, 4.69) is 0 Å². The molecule has 0 unspecified atom stereocenters. The predicted octanol–water partition coefficient (Wildman–Crippen LogP) is 1.71. The molecular formula is C16H18FNO5S. The molecule has 130 valence electrons. The number of hydrogen-bond acceptors (Lipinski definition) is 5. The number of carbonyl (C=O) groups excluding carboxylic acids is 1. The number of halogens is 1. The van der Waals surface area contributed by atoms with Crippen molar-refractivity contribution in [2.75, 3.05) is 32.1 Å². The normalized spacial score (nSPS) is 17.4. The molecule has 0 fully saturated rings. The van der Waals surface area contributed by atoms with Crippen LogP contribution in [0.25, 0.3) is 0 Å². The number of benzene rings is 1. The van der Waals surface area contributed by atoms with Crippen molar-refractivity contribution in [1.29, 1.82) is 0 Å². The maximum absolute atomic E-state index is 13.2. The molecule has 24 heavy (non-hydrogen) atoms. The minimum atomic E-state index is -3.63. The van der Waals surface area contributed by atoms with Crippen molar-refractivity contribution in [2.45, 2.75) is 17.7 Å². The zero-order valence-corrected chi connectivity index (χ0v) is 13.9. The molecule has 1 aromatic carbocycles. The SMILES string of the molecule is O=C(CCS(=O)(=O)c1ccc2c(c1)OCCO2)N1CCC=C(F)C1. The second-order valence-electron chi connectivity index (χ2n) is 5.63. The fraction of sp³-hybridized carbons (Fsp3) is 0.438. The van der Waals surface area contributed by atoms with Crippen molar-refractivity contribution in [3.8, 4) is 11.5 Å². The standard InChI is InChI=1S/C16H18FNO5S/c17-12-2-1-6-18(11-12)16(19)5-9-24(20,21)13-3-4-14-15(10-13)23-8-7-22-14/h2-4,10H,1,5-9,11H2. The lowest BCUT2D eigenvalue weighted by Crippen LogP contribution is -2.36. The summed E-state index contributed by atoms with van der Waals surface area (Å²) in [7, 11) is -3.63. The molecule has 0 aliphatic carbocycles. The number of sulfone groups is 1. The van der Waals surface area contributed by atoms with Crippen molar-refractivity contribution in [2.24, 2.45) is 0 Å². The molecule has 0 saturated heterocycles. The quantitative estimate of drug-likeness (QED) is 0.822. The van der Waals surface area contributed by atoms with E-state index < -0.39 is 9.84 Å². The number of hydrogen-bond donors (Lipinski definition) is 0. The largest absolute Gasteiger partial charge is 0.486 e. The first-order valence-corrected chi connectivity index (χ1v) is 9.36. The van der Waals surface area contributed by atoms with E-state index in [0.29, 0.717) is 37.7 Å². The maximum atomic E-state index is 13.2. The van der Waals surface area contributed by atoms with Gasteiger partial charge in [-0.2, -0.15) is 0 Å². The average molecular weight is 355 g/mol. The van der Waals surface area contributed by atoms with Gasteiger partial charge in [-0.3, -0.25) is 4.79 Å². The van der Waals surface area contributed by atoms with E-state index in [1.165, 1.54) is 23.1 Å². The van der Waals surface area contributed by atoms with Gasteiger partial charge in [-0.25, -0.2) is 12.8 Å². The van der Waals surface area contributed by atoms with Gasteiger partial charge in [0.2, 0.25) is 5.91 Å². The van der Waals surface area contributed by atoms with Crippen molar-refractivity contribution in [3.05, 3.63) is 30.1 Å². The summed E-state index contributed by atoms with van der Waals surface area (Å²) < 4.78 is 48.8. The van der Waals surface area contributed by atoms with Crippen LogP contribution in [0, 0.1) is 0 Å². The van der Waals surface area contributed by atoms with E-state index in [4.69, 9.17) is 9.47 Å². The number of ether oxygens (including phenoxy) is 2. The molecule has 0 spiro atoms. The first-order valence-electron chi connectivity index (χ1n) is 7.70. The first-order chi connectivity index (χ1) is 11.5. The van der Waals surface area contributed by atoms with Crippen molar-refractivity contribution in [3.63, 3.8) is 0 Å². The molecule has 8 heteroatoms. The molecule has 0 saturated carbocycles. The topological polar surface area (TPSA) is 72.9 Å². The zero-order valence-electron chi connectivity index (χ0n) is 13.0. The molecule has 1 amide bonds. The highest BCUT2D eigenvalue weighted by atomic mass is 32.2. The molecule has 0 bridgehead atoms. The zero-order chi connectivity index (χ0) is 17.2. The van der Waals surface area contributed by atoms with E-state index in [0.717, 1.165) is 0 Å². The monoisotopic (exact) mass is 355 g/mol. The Morgan fingerprint density at radius 1 is 1.21 bits per heavy atom.